The fraction of sp³-hybridized carbons (Fsp3) is 0.125. The standard InChI is InChI=1S/C16H10Cl2F2N4/c17-11-5-4-10(6-12(11)18)16(19,20)8-22-15-23-13-3-1-2-9(7-21)14(13)24-15/h1-6H,8H2,(H2,22,23,24). The first-order valence-corrected chi connectivity index (χ1v) is 7.62. The molecule has 0 amide bonds. The Hall–Kier alpha value is -2.36. The van der Waals surface area contributed by atoms with Gasteiger partial charge in [0.25, 0.3) is 5.92 Å². The van der Waals surface area contributed by atoms with E-state index in [1.54, 1.807) is 18.2 Å². The summed E-state index contributed by atoms with van der Waals surface area (Å²) in [6, 6.07) is 10.7. The Balaban J connectivity index is 1.82. The molecule has 2 N–H and O–H groups in total. The van der Waals surface area contributed by atoms with Gasteiger partial charge in [0.15, 0.2) is 0 Å². The van der Waals surface area contributed by atoms with E-state index in [-0.39, 0.29) is 21.6 Å². The van der Waals surface area contributed by atoms with Crippen LogP contribution in [0.25, 0.3) is 11.0 Å². The molecule has 0 fully saturated rings. The lowest BCUT2D eigenvalue weighted by Crippen LogP contribution is -2.25. The number of H-pyrrole nitrogens is 1. The fourth-order valence-corrected chi connectivity index (χ4v) is 2.52. The van der Waals surface area contributed by atoms with Crippen LogP contribution in [0.5, 0.6) is 0 Å². The second-order valence-corrected chi connectivity index (χ2v) is 5.90. The second-order valence-electron chi connectivity index (χ2n) is 5.09. The van der Waals surface area contributed by atoms with E-state index in [1.165, 1.54) is 12.1 Å². The third kappa shape index (κ3) is 3.14. The van der Waals surface area contributed by atoms with Gasteiger partial charge in [0.05, 0.1) is 27.7 Å². The molecule has 24 heavy (non-hydrogen) atoms. The van der Waals surface area contributed by atoms with E-state index < -0.39 is 12.5 Å². The monoisotopic (exact) mass is 366 g/mol. The maximum Gasteiger partial charge on any atom is 0.290 e. The number of aromatic amines is 1. The van der Waals surface area contributed by atoms with Crippen LogP contribution >= 0.6 is 23.2 Å². The van der Waals surface area contributed by atoms with Crippen LogP contribution in [-0.2, 0) is 5.92 Å². The molecule has 3 rings (SSSR count). The van der Waals surface area contributed by atoms with Crippen molar-refractivity contribution in [2.75, 3.05) is 11.9 Å². The number of nitrogens with zero attached hydrogens (tertiary/aromatic N) is 2. The quantitative estimate of drug-likeness (QED) is 0.686. The third-order valence-corrected chi connectivity index (χ3v) is 4.19. The molecule has 0 saturated carbocycles. The van der Waals surface area contributed by atoms with E-state index in [0.29, 0.717) is 16.6 Å². The lowest BCUT2D eigenvalue weighted by molar-refractivity contribution is 0.0105. The summed E-state index contributed by atoms with van der Waals surface area (Å²) >= 11 is 11.5. The van der Waals surface area contributed by atoms with Gasteiger partial charge in [-0.1, -0.05) is 35.3 Å². The smallest absolute Gasteiger partial charge is 0.290 e. The highest BCUT2D eigenvalue weighted by atomic mass is 35.5. The van der Waals surface area contributed by atoms with Crippen molar-refractivity contribution in [3.8, 4) is 6.07 Å². The van der Waals surface area contributed by atoms with Crippen LogP contribution in [0.2, 0.25) is 10.0 Å². The summed E-state index contributed by atoms with van der Waals surface area (Å²) in [4.78, 5) is 7.00. The first-order chi connectivity index (χ1) is 11.4. The molecule has 0 radical (unpaired) electrons. The highest BCUT2D eigenvalue weighted by Crippen LogP contribution is 2.33. The molecule has 0 aliphatic heterocycles. The number of nitrogens with one attached hydrogen (secondary N) is 2. The van der Waals surface area contributed by atoms with Crippen molar-refractivity contribution in [1.82, 2.24) is 9.97 Å². The Labute approximate surface area is 146 Å². The zero-order valence-corrected chi connectivity index (χ0v) is 13.6. The SMILES string of the molecule is N#Cc1cccc2[nH]c(NCC(F)(F)c3ccc(Cl)c(Cl)c3)nc12. The van der Waals surface area contributed by atoms with E-state index in [2.05, 4.69) is 15.3 Å². The van der Waals surface area contributed by atoms with Gasteiger partial charge in [0.1, 0.15) is 11.6 Å². The van der Waals surface area contributed by atoms with Gasteiger partial charge in [-0.05, 0) is 24.3 Å². The molecule has 122 valence electrons. The molecular weight excluding hydrogens is 357 g/mol. The van der Waals surface area contributed by atoms with Gasteiger partial charge in [-0.3, -0.25) is 0 Å². The van der Waals surface area contributed by atoms with E-state index >= 15 is 0 Å². The Morgan fingerprint density at radius 1 is 1.21 bits per heavy atom. The number of rotatable bonds is 4. The number of benzene rings is 2. The van der Waals surface area contributed by atoms with Crippen molar-refractivity contribution in [2.45, 2.75) is 5.92 Å². The molecule has 0 aliphatic carbocycles. The molecule has 1 heterocycles. The predicted molar refractivity (Wildman–Crippen MR) is 89.7 cm³/mol. The molecule has 3 aromatic rings. The average Bonchev–Trinajstić information content (AvgIpc) is 2.98. The van der Waals surface area contributed by atoms with E-state index in [0.717, 1.165) is 6.07 Å². The third-order valence-electron chi connectivity index (χ3n) is 3.45. The summed E-state index contributed by atoms with van der Waals surface area (Å²) < 4.78 is 28.6. The van der Waals surface area contributed by atoms with Crippen molar-refractivity contribution in [2.24, 2.45) is 0 Å². The Morgan fingerprint density at radius 3 is 2.71 bits per heavy atom. The number of anilines is 1. The maximum absolute atomic E-state index is 14.3. The Bertz CT molecular complexity index is 947. The molecule has 0 unspecified atom stereocenters. The predicted octanol–water partition coefficient (Wildman–Crippen LogP) is 4.95. The fourth-order valence-electron chi connectivity index (χ4n) is 2.23. The van der Waals surface area contributed by atoms with E-state index in [1.807, 2.05) is 6.07 Å². The molecule has 4 nitrogen and oxygen atoms in total. The molecular formula is C16H10Cl2F2N4. The van der Waals surface area contributed by atoms with Crippen LogP contribution in [0.1, 0.15) is 11.1 Å². The minimum atomic E-state index is -3.18. The summed E-state index contributed by atoms with van der Waals surface area (Å²) in [5.41, 5.74) is 1.14. The first-order valence-electron chi connectivity index (χ1n) is 6.87. The van der Waals surface area contributed by atoms with Crippen molar-refractivity contribution >= 4 is 40.2 Å². The number of nitriles is 1. The van der Waals surface area contributed by atoms with Gasteiger partial charge in [-0.2, -0.15) is 14.0 Å². The molecule has 1 aromatic heterocycles. The van der Waals surface area contributed by atoms with Crippen molar-refractivity contribution in [1.29, 1.82) is 5.26 Å². The summed E-state index contributed by atoms with van der Waals surface area (Å²) in [6.07, 6.45) is 0. The van der Waals surface area contributed by atoms with Crippen LogP contribution in [0.15, 0.2) is 36.4 Å². The summed E-state index contributed by atoms with van der Waals surface area (Å²) in [5, 5.41) is 11.9. The van der Waals surface area contributed by atoms with Crippen LogP contribution < -0.4 is 5.32 Å². The molecule has 2 aromatic carbocycles. The van der Waals surface area contributed by atoms with Gasteiger partial charge in [0, 0.05) is 5.56 Å². The van der Waals surface area contributed by atoms with Gasteiger partial charge >= 0.3 is 0 Å². The summed E-state index contributed by atoms with van der Waals surface area (Å²) in [6.45, 7) is -0.688. The maximum atomic E-state index is 14.3. The van der Waals surface area contributed by atoms with Crippen LogP contribution in [0.3, 0.4) is 0 Å². The van der Waals surface area contributed by atoms with E-state index in [9.17, 15) is 8.78 Å². The molecule has 8 heteroatoms. The molecule has 0 aliphatic rings. The number of aromatic nitrogens is 2. The van der Waals surface area contributed by atoms with Crippen LogP contribution in [0, 0.1) is 11.3 Å². The van der Waals surface area contributed by atoms with Crippen LogP contribution in [-0.4, -0.2) is 16.5 Å². The van der Waals surface area contributed by atoms with Crippen LogP contribution in [0.4, 0.5) is 14.7 Å². The van der Waals surface area contributed by atoms with Gasteiger partial charge < -0.3 is 10.3 Å². The molecule has 0 atom stereocenters. The largest absolute Gasteiger partial charge is 0.349 e. The number of fused-ring (bicyclic) bond motifs is 1. The molecule has 0 bridgehead atoms. The average molecular weight is 367 g/mol. The molecule has 0 spiro atoms. The second kappa shape index (κ2) is 6.27. The number of alkyl halides is 2. The number of hydrogen-bond acceptors (Lipinski definition) is 3. The Kier molecular flexibility index (Phi) is 4.31. The lowest BCUT2D eigenvalue weighted by Gasteiger charge is -2.17. The summed E-state index contributed by atoms with van der Waals surface area (Å²) in [5.74, 6) is -3.02. The van der Waals surface area contributed by atoms with Gasteiger partial charge in [0.2, 0.25) is 5.95 Å². The van der Waals surface area contributed by atoms with Crippen molar-refractivity contribution < 1.29 is 8.78 Å². The minimum absolute atomic E-state index is 0.0660. The van der Waals surface area contributed by atoms with Crippen molar-refractivity contribution in [3.05, 3.63) is 57.6 Å². The summed E-state index contributed by atoms with van der Waals surface area (Å²) in [7, 11) is 0. The number of para-hydroxylation sites is 1. The number of imidazole rings is 1. The van der Waals surface area contributed by atoms with Crippen molar-refractivity contribution in [3.63, 3.8) is 0 Å². The minimum Gasteiger partial charge on any atom is -0.349 e. The number of hydrogen-bond donors (Lipinski definition) is 2. The normalized spacial score (nSPS) is 11.5. The van der Waals surface area contributed by atoms with Gasteiger partial charge in [-0.25, -0.2) is 4.98 Å². The zero-order valence-electron chi connectivity index (χ0n) is 12.1. The number of halogens is 4. The van der Waals surface area contributed by atoms with Gasteiger partial charge in [-0.15, -0.1) is 0 Å². The highest BCUT2D eigenvalue weighted by molar-refractivity contribution is 6.42. The topological polar surface area (TPSA) is 64.5 Å². The highest BCUT2D eigenvalue weighted by Gasteiger charge is 2.32. The first kappa shape index (κ1) is 16.5. The molecule has 0 saturated heterocycles. The lowest BCUT2D eigenvalue weighted by atomic mass is 10.1. The Morgan fingerprint density at radius 2 is 2.00 bits per heavy atom. The zero-order chi connectivity index (χ0) is 17.3. The van der Waals surface area contributed by atoms with E-state index in [4.69, 9.17) is 28.5 Å².